The first kappa shape index (κ1) is 13.4. The third-order valence-electron chi connectivity index (χ3n) is 2.92. The molecule has 1 unspecified atom stereocenters. The molecule has 0 radical (unpaired) electrons. The summed E-state index contributed by atoms with van der Waals surface area (Å²) in [6.45, 7) is 7.28. The largest absolute Gasteiger partial charge is 0.284 e. The Morgan fingerprint density at radius 1 is 1.41 bits per heavy atom. The quantitative estimate of drug-likeness (QED) is 0.577. The zero-order valence-corrected chi connectivity index (χ0v) is 10.3. The topological polar surface area (TPSA) is 66.5 Å². The fraction of sp³-hybridized carbons (Fsp3) is 0.583. The van der Waals surface area contributed by atoms with Crippen molar-refractivity contribution >= 4 is 17.7 Å². The van der Waals surface area contributed by atoms with Crippen LogP contribution in [-0.2, 0) is 14.4 Å². The Kier molecular flexibility index (Phi) is 4.43. The molecule has 0 aromatic carbocycles. The van der Waals surface area contributed by atoms with Gasteiger partial charge >= 0.3 is 0 Å². The molecule has 0 spiro atoms. The summed E-state index contributed by atoms with van der Waals surface area (Å²) in [5.74, 6) is -1.77. The molecule has 1 saturated heterocycles. The van der Waals surface area contributed by atoms with Crippen LogP contribution in [0.25, 0.3) is 0 Å². The van der Waals surface area contributed by atoms with Gasteiger partial charge in [0.25, 0.3) is 17.7 Å². The lowest BCUT2D eigenvalue weighted by molar-refractivity contribution is -0.148. The molecule has 1 rings (SSSR count). The maximum absolute atomic E-state index is 12.0. The lowest BCUT2D eigenvalue weighted by atomic mass is 9.98. The molecule has 1 heterocycles. The second-order valence-corrected chi connectivity index (χ2v) is 4.15. The minimum Gasteiger partial charge on any atom is -0.272 e. The van der Waals surface area contributed by atoms with Gasteiger partial charge in [0.1, 0.15) is 5.57 Å². The zero-order chi connectivity index (χ0) is 13.0. The monoisotopic (exact) mass is 238 g/mol. The number of nitrogens with one attached hydrogen (secondary N) is 1. The van der Waals surface area contributed by atoms with Crippen LogP contribution in [0.1, 0.15) is 39.5 Å². The Bertz CT molecular complexity index is 363. The number of hydrogen-bond donors (Lipinski definition) is 1. The van der Waals surface area contributed by atoms with Crippen molar-refractivity contribution in [3.8, 4) is 0 Å². The summed E-state index contributed by atoms with van der Waals surface area (Å²) in [5, 5.41) is 0.800. The predicted molar refractivity (Wildman–Crippen MR) is 62.4 cm³/mol. The number of nitrogens with zero attached hydrogens (tertiary/aromatic N) is 1. The highest BCUT2D eigenvalue weighted by Gasteiger charge is 2.38. The maximum Gasteiger partial charge on any atom is 0.284 e. The van der Waals surface area contributed by atoms with E-state index in [4.69, 9.17) is 0 Å². The predicted octanol–water partition coefficient (Wildman–Crippen LogP) is 1.16. The minimum absolute atomic E-state index is 0.177. The summed E-state index contributed by atoms with van der Waals surface area (Å²) in [7, 11) is 0. The van der Waals surface area contributed by atoms with Crippen molar-refractivity contribution in [2.45, 2.75) is 39.5 Å². The third kappa shape index (κ3) is 2.72. The molecule has 0 aromatic heterocycles. The molecule has 1 N–H and O–H groups in total. The number of rotatable bonds is 5. The Labute approximate surface area is 101 Å². The first-order valence-corrected chi connectivity index (χ1v) is 5.91. The molecule has 3 amide bonds. The molecular weight excluding hydrogens is 220 g/mol. The SMILES string of the molecule is C=C1C(=O)NN(C(=O)C(CC)CCCC)C1=O. The maximum atomic E-state index is 12.0. The Hall–Kier alpha value is -1.65. The van der Waals surface area contributed by atoms with Gasteiger partial charge in [-0.1, -0.05) is 33.3 Å². The van der Waals surface area contributed by atoms with Gasteiger partial charge in [0.15, 0.2) is 0 Å². The average Bonchev–Trinajstić information content (AvgIpc) is 2.57. The number of carbonyl (C=O) groups excluding carboxylic acids is 3. The third-order valence-corrected chi connectivity index (χ3v) is 2.92. The molecule has 5 heteroatoms. The van der Waals surface area contributed by atoms with Gasteiger partial charge in [-0.25, -0.2) is 0 Å². The van der Waals surface area contributed by atoms with Crippen LogP contribution in [-0.4, -0.2) is 22.7 Å². The normalized spacial score (nSPS) is 17.3. The van der Waals surface area contributed by atoms with E-state index >= 15 is 0 Å². The second kappa shape index (κ2) is 5.61. The van der Waals surface area contributed by atoms with Gasteiger partial charge in [-0.2, -0.15) is 5.01 Å². The summed E-state index contributed by atoms with van der Waals surface area (Å²) >= 11 is 0. The number of imide groups is 1. The minimum atomic E-state index is -0.630. The van der Waals surface area contributed by atoms with E-state index in [1.165, 1.54) is 0 Å². The fourth-order valence-corrected chi connectivity index (χ4v) is 1.74. The van der Waals surface area contributed by atoms with E-state index in [1.54, 1.807) is 0 Å². The Morgan fingerprint density at radius 2 is 2.06 bits per heavy atom. The zero-order valence-electron chi connectivity index (χ0n) is 10.3. The summed E-state index contributed by atoms with van der Waals surface area (Å²) < 4.78 is 0. The molecular formula is C12H18N2O3. The van der Waals surface area contributed by atoms with Crippen molar-refractivity contribution in [2.24, 2.45) is 5.92 Å². The molecule has 17 heavy (non-hydrogen) atoms. The van der Waals surface area contributed by atoms with E-state index in [1.807, 2.05) is 13.8 Å². The summed E-state index contributed by atoms with van der Waals surface area (Å²) in [4.78, 5) is 34.8. The molecule has 1 aliphatic heterocycles. The smallest absolute Gasteiger partial charge is 0.272 e. The van der Waals surface area contributed by atoms with Crippen LogP contribution in [0.4, 0.5) is 0 Å². The van der Waals surface area contributed by atoms with Gasteiger partial charge in [0.2, 0.25) is 0 Å². The number of hydrogen-bond acceptors (Lipinski definition) is 3. The van der Waals surface area contributed by atoms with Gasteiger partial charge < -0.3 is 0 Å². The van der Waals surface area contributed by atoms with Crippen LogP contribution in [0, 0.1) is 5.92 Å². The number of unbranched alkanes of at least 4 members (excludes halogenated alkanes) is 1. The van der Waals surface area contributed by atoms with E-state index in [2.05, 4.69) is 12.0 Å². The number of hydrazine groups is 1. The first-order valence-electron chi connectivity index (χ1n) is 5.91. The van der Waals surface area contributed by atoms with E-state index in [0.717, 1.165) is 24.3 Å². The van der Waals surface area contributed by atoms with Crippen molar-refractivity contribution < 1.29 is 14.4 Å². The van der Waals surface area contributed by atoms with Crippen molar-refractivity contribution in [3.05, 3.63) is 12.2 Å². The van der Waals surface area contributed by atoms with Crippen LogP contribution in [0.15, 0.2) is 12.2 Å². The molecule has 0 aliphatic carbocycles. The van der Waals surface area contributed by atoms with Crippen LogP contribution in [0.5, 0.6) is 0 Å². The van der Waals surface area contributed by atoms with E-state index in [9.17, 15) is 14.4 Å². The summed E-state index contributed by atoms with van der Waals surface area (Å²) in [6.07, 6.45) is 3.32. The molecule has 94 valence electrons. The molecule has 1 aliphatic rings. The van der Waals surface area contributed by atoms with Crippen molar-refractivity contribution in [2.75, 3.05) is 0 Å². The standard InChI is InChI=1S/C12H18N2O3/c1-4-6-7-9(5-2)12(17)14-11(16)8(3)10(15)13-14/h9H,3-7H2,1-2H3,(H,13,15). The van der Waals surface area contributed by atoms with Crippen molar-refractivity contribution in [1.82, 2.24) is 10.4 Å². The molecule has 1 fully saturated rings. The highest BCUT2D eigenvalue weighted by Crippen LogP contribution is 2.18. The van der Waals surface area contributed by atoms with Gasteiger partial charge in [-0.05, 0) is 12.8 Å². The van der Waals surface area contributed by atoms with Gasteiger partial charge in [-0.3, -0.25) is 19.8 Å². The van der Waals surface area contributed by atoms with E-state index in [0.29, 0.717) is 6.42 Å². The van der Waals surface area contributed by atoms with Crippen LogP contribution < -0.4 is 5.43 Å². The van der Waals surface area contributed by atoms with Crippen molar-refractivity contribution in [3.63, 3.8) is 0 Å². The van der Waals surface area contributed by atoms with E-state index in [-0.39, 0.29) is 17.4 Å². The van der Waals surface area contributed by atoms with Gasteiger partial charge in [0, 0.05) is 5.92 Å². The molecule has 0 saturated carbocycles. The van der Waals surface area contributed by atoms with Crippen LogP contribution >= 0.6 is 0 Å². The van der Waals surface area contributed by atoms with Crippen LogP contribution in [0.3, 0.4) is 0 Å². The number of carbonyl (C=O) groups is 3. The van der Waals surface area contributed by atoms with E-state index < -0.39 is 11.8 Å². The fourth-order valence-electron chi connectivity index (χ4n) is 1.74. The first-order chi connectivity index (χ1) is 8.02. The van der Waals surface area contributed by atoms with Crippen molar-refractivity contribution in [1.29, 1.82) is 0 Å². The van der Waals surface area contributed by atoms with Crippen LogP contribution in [0.2, 0.25) is 0 Å². The second-order valence-electron chi connectivity index (χ2n) is 4.15. The average molecular weight is 238 g/mol. The molecule has 1 atom stereocenters. The summed E-state index contributed by atoms with van der Waals surface area (Å²) in [6, 6.07) is 0. The molecule has 5 nitrogen and oxygen atoms in total. The Morgan fingerprint density at radius 3 is 2.47 bits per heavy atom. The highest BCUT2D eigenvalue weighted by molar-refractivity contribution is 6.26. The lowest BCUT2D eigenvalue weighted by Crippen LogP contribution is -2.44. The Balaban J connectivity index is 2.72. The molecule has 0 bridgehead atoms. The van der Waals surface area contributed by atoms with Gasteiger partial charge in [-0.15, -0.1) is 0 Å². The summed E-state index contributed by atoms with van der Waals surface area (Å²) in [5.41, 5.74) is 2.06. The lowest BCUT2D eigenvalue weighted by Gasteiger charge is -2.19. The molecule has 0 aromatic rings. The van der Waals surface area contributed by atoms with Gasteiger partial charge in [0.05, 0.1) is 0 Å². The highest BCUT2D eigenvalue weighted by atomic mass is 16.2. The number of amides is 3.